The molecule has 0 saturated heterocycles. The summed E-state index contributed by atoms with van der Waals surface area (Å²) in [4.78, 5) is 28.8. The summed E-state index contributed by atoms with van der Waals surface area (Å²) in [6.45, 7) is 6.60. The number of aliphatic hydroxyl groups is 1. The van der Waals surface area contributed by atoms with Crippen LogP contribution in [0.15, 0.2) is 88.5 Å². The fraction of sp³-hybridized carbons (Fsp3) is 0.226. The lowest BCUT2D eigenvalue weighted by Crippen LogP contribution is -2.31. The van der Waals surface area contributed by atoms with Gasteiger partial charge in [0.25, 0.3) is 5.91 Å². The number of aliphatic hydroxyl groups excluding tert-OH is 1. The summed E-state index contributed by atoms with van der Waals surface area (Å²) in [7, 11) is 1.52. The van der Waals surface area contributed by atoms with Crippen LogP contribution in [-0.2, 0) is 4.79 Å². The van der Waals surface area contributed by atoms with Gasteiger partial charge in [-0.15, -0.1) is 0 Å². The number of carbonyl (C=O) groups excluding carboxylic acids is 2. The van der Waals surface area contributed by atoms with Gasteiger partial charge in [0, 0.05) is 11.1 Å². The number of rotatable bonds is 8. The molecule has 0 saturated carbocycles. The fourth-order valence-electron chi connectivity index (χ4n) is 4.70. The van der Waals surface area contributed by atoms with Crippen molar-refractivity contribution in [3.63, 3.8) is 0 Å². The third-order valence-electron chi connectivity index (χ3n) is 6.59. The van der Waals surface area contributed by atoms with Crippen LogP contribution in [0.2, 0.25) is 0 Å². The quantitative estimate of drug-likeness (QED) is 0.269. The number of furan rings is 1. The molecule has 0 radical (unpaired) electrons. The van der Waals surface area contributed by atoms with Crippen LogP contribution in [0.4, 0.5) is 5.69 Å². The molecule has 1 amide bonds. The summed E-state index contributed by atoms with van der Waals surface area (Å²) in [5.74, 6) is -0.293. The van der Waals surface area contributed by atoms with E-state index in [-0.39, 0.29) is 11.3 Å². The molecule has 0 spiro atoms. The summed E-state index contributed by atoms with van der Waals surface area (Å²) < 4.78 is 17.1. The molecule has 0 aliphatic carbocycles. The monoisotopic (exact) mass is 511 g/mol. The molecule has 1 unspecified atom stereocenters. The Morgan fingerprint density at radius 2 is 1.79 bits per heavy atom. The number of amides is 1. The number of aryl methyl sites for hydroxylation is 1. The Labute approximate surface area is 220 Å². The predicted molar refractivity (Wildman–Crippen MR) is 145 cm³/mol. The number of fused-ring (bicyclic) bond motifs is 1. The van der Waals surface area contributed by atoms with Crippen LogP contribution in [-0.4, -0.2) is 30.5 Å². The second kappa shape index (κ2) is 10.1. The predicted octanol–water partition coefficient (Wildman–Crippen LogP) is 6.57. The zero-order chi connectivity index (χ0) is 27.0. The molecule has 0 bridgehead atoms. The molecule has 1 aliphatic rings. The molecule has 38 heavy (non-hydrogen) atoms. The molecule has 1 N–H and O–H groups in total. The maximum atomic E-state index is 13.9. The first kappa shape index (κ1) is 25.1. The largest absolute Gasteiger partial charge is 0.503 e. The lowest BCUT2D eigenvalue weighted by molar-refractivity contribution is -0.117. The summed E-state index contributed by atoms with van der Waals surface area (Å²) in [5.41, 5.74) is 2.51. The number of methoxy groups -OCH3 is 1. The molecular weight excluding hydrogens is 482 g/mol. The number of ketones is 1. The van der Waals surface area contributed by atoms with Crippen LogP contribution in [0.3, 0.4) is 0 Å². The Kier molecular flexibility index (Phi) is 6.68. The number of anilines is 1. The number of hydrogen-bond donors (Lipinski definition) is 1. The first-order valence-corrected chi connectivity index (χ1v) is 12.5. The molecule has 7 nitrogen and oxygen atoms in total. The molecule has 0 fully saturated rings. The molecule has 4 aromatic rings. The molecule has 1 aromatic heterocycles. The van der Waals surface area contributed by atoms with E-state index in [1.54, 1.807) is 48.5 Å². The van der Waals surface area contributed by atoms with Gasteiger partial charge < -0.3 is 19.0 Å². The van der Waals surface area contributed by atoms with E-state index >= 15 is 0 Å². The van der Waals surface area contributed by atoms with Crippen molar-refractivity contribution in [2.24, 2.45) is 5.92 Å². The van der Waals surface area contributed by atoms with Crippen molar-refractivity contribution in [3.8, 4) is 11.5 Å². The molecule has 7 heteroatoms. The zero-order valence-corrected chi connectivity index (χ0v) is 21.7. The third kappa shape index (κ3) is 4.41. The van der Waals surface area contributed by atoms with Gasteiger partial charge in [-0.2, -0.15) is 0 Å². The Hall–Kier alpha value is -4.52. The third-order valence-corrected chi connectivity index (χ3v) is 6.59. The topological polar surface area (TPSA) is 89.2 Å². The van der Waals surface area contributed by atoms with Crippen molar-refractivity contribution < 1.29 is 28.6 Å². The van der Waals surface area contributed by atoms with Crippen LogP contribution < -0.4 is 14.4 Å². The van der Waals surface area contributed by atoms with Gasteiger partial charge in [0.1, 0.15) is 5.75 Å². The maximum Gasteiger partial charge on any atom is 0.294 e. The van der Waals surface area contributed by atoms with Crippen LogP contribution in [0.5, 0.6) is 11.5 Å². The van der Waals surface area contributed by atoms with Crippen LogP contribution in [0.25, 0.3) is 11.0 Å². The highest BCUT2D eigenvalue weighted by Gasteiger charge is 2.45. The minimum atomic E-state index is -0.853. The van der Waals surface area contributed by atoms with Gasteiger partial charge in [0.05, 0.1) is 25.3 Å². The molecular formula is C31H29NO6. The molecule has 5 rings (SSSR count). The van der Waals surface area contributed by atoms with Crippen molar-refractivity contribution >= 4 is 28.3 Å². The number of carbonyl (C=O) groups is 2. The van der Waals surface area contributed by atoms with Crippen molar-refractivity contribution in [2.45, 2.75) is 26.8 Å². The standard InChI is InChI=1S/C31H29NO6/c1-18(2)17-37-22-14-12-21(13-15-22)32-27(23-10-6-5-8-19(23)3)26(29(34)31(32)35)28(33)25-16-20-9-7-11-24(36-4)30(20)38-25/h5-16,18,27,34H,17H2,1-4H3. The van der Waals surface area contributed by atoms with E-state index in [1.165, 1.54) is 12.0 Å². The van der Waals surface area contributed by atoms with Gasteiger partial charge >= 0.3 is 0 Å². The van der Waals surface area contributed by atoms with E-state index < -0.39 is 23.5 Å². The molecule has 2 heterocycles. The van der Waals surface area contributed by atoms with Gasteiger partial charge in [-0.05, 0) is 60.4 Å². The van der Waals surface area contributed by atoms with E-state index in [0.717, 1.165) is 11.1 Å². The van der Waals surface area contributed by atoms with Gasteiger partial charge in [0.15, 0.2) is 22.9 Å². The Balaban J connectivity index is 1.59. The summed E-state index contributed by atoms with van der Waals surface area (Å²) in [5, 5.41) is 11.8. The highest BCUT2D eigenvalue weighted by molar-refractivity contribution is 6.20. The van der Waals surface area contributed by atoms with Gasteiger partial charge in [-0.25, -0.2) is 0 Å². The van der Waals surface area contributed by atoms with Crippen molar-refractivity contribution in [1.82, 2.24) is 0 Å². The van der Waals surface area contributed by atoms with E-state index in [1.807, 2.05) is 31.2 Å². The number of nitrogens with zero attached hydrogens (tertiary/aromatic N) is 1. The molecule has 194 valence electrons. The number of benzene rings is 3. The van der Waals surface area contributed by atoms with E-state index in [0.29, 0.717) is 40.7 Å². The minimum Gasteiger partial charge on any atom is -0.503 e. The smallest absolute Gasteiger partial charge is 0.294 e. The Morgan fingerprint density at radius 1 is 1.05 bits per heavy atom. The highest BCUT2D eigenvalue weighted by Crippen LogP contribution is 2.44. The summed E-state index contributed by atoms with van der Waals surface area (Å²) in [6, 6.07) is 20.7. The van der Waals surface area contributed by atoms with Crippen LogP contribution in [0.1, 0.15) is 41.6 Å². The zero-order valence-electron chi connectivity index (χ0n) is 21.7. The van der Waals surface area contributed by atoms with Crippen molar-refractivity contribution in [3.05, 3.63) is 101 Å². The van der Waals surface area contributed by atoms with Crippen LogP contribution in [0, 0.1) is 12.8 Å². The number of Topliss-reactive ketones (excluding diaryl/α,β-unsaturated/α-hetero) is 1. The number of ether oxygens (including phenoxy) is 2. The number of hydrogen-bond acceptors (Lipinski definition) is 6. The second-order valence-corrected chi connectivity index (χ2v) is 9.71. The lowest BCUT2D eigenvalue weighted by atomic mass is 9.92. The van der Waals surface area contributed by atoms with Gasteiger partial charge in [0.2, 0.25) is 5.78 Å². The van der Waals surface area contributed by atoms with Crippen molar-refractivity contribution in [2.75, 3.05) is 18.6 Å². The van der Waals surface area contributed by atoms with E-state index in [2.05, 4.69) is 13.8 Å². The maximum absolute atomic E-state index is 13.9. The normalized spacial score (nSPS) is 15.6. The second-order valence-electron chi connectivity index (χ2n) is 9.71. The molecule has 1 atom stereocenters. The Morgan fingerprint density at radius 3 is 2.47 bits per heavy atom. The van der Waals surface area contributed by atoms with E-state index in [4.69, 9.17) is 13.9 Å². The molecule has 3 aromatic carbocycles. The fourth-order valence-corrected chi connectivity index (χ4v) is 4.70. The SMILES string of the molecule is COc1cccc2cc(C(=O)C3=C(O)C(=O)N(c4ccc(OCC(C)C)cc4)C3c3ccccc3C)oc12. The van der Waals surface area contributed by atoms with E-state index in [9.17, 15) is 14.7 Å². The van der Waals surface area contributed by atoms with Gasteiger partial charge in [-0.3, -0.25) is 14.5 Å². The number of para-hydroxylation sites is 1. The minimum absolute atomic E-state index is 0.0108. The molecule has 1 aliphatic heterocycles. The lowest BCUT2D eigenvalue weighted by Gasteiger charge is -2.28. The van der Waals surface area contributed by atoms with Gasteiger partial charge in [-0.1, -0.05) is 50.2 Å². The highest BCUT2D eigenvalue weighted by atomic mass is 16.5. The first-order chi connectivity index (χ1) is 18.3. The first-order valence-electron chi connectivity index (χ1n) is 12.5. The van der Waals surface area contributed by atoms with Crippen molar-refractivity contribution in [1.29, 1.82) is 0 Å². The summed E-state index contributed by atoms with van der Waals surface area (Å²) >= 11 is 0. The Bertz CT molecular complexity index is 1550. The summed E-state index contributed by atoms with van der Waals surface area (Å²) in [6.07, 6.45) is 0. The van der Waals surface area contributed by atoms with Crippen LogP contribution >= 0.6 is 0 Å². The average Bonchev–Trinajstić information content (AvgIpc) is 3.47. The average molecular weight is 512 g/mol.